The monoisotopic (exact) mass is 538 g/mol. The van der Waals surface area contributed by atoms with Gasteiger partial charge in [-0.1, -0.05) is 30.3 Å². The summed E-state index contributed by atoms with van der Waals surface area (Å²) in [5, 5.41) is 5.63. The fraction of sp³-hybridized carbons (Fsp3) is 0.111. The van der Waals surface area contributed by atoms with E-state index >= 15 is 0 Å². The first-order valence-corrected chi connectivity index (χ1v) is 13.2. The predicted molar refractivity (Wildman–Crippen MR) is 143 cm³/mol. The van der Waals surface area contributed by atoms with E-state index < -0.39 is 10.0 Å². The van der Waals surface area contributed by atoms with Crippen LogP contribution in [0.2, 0.25) is 0 Å². The molecule has 0 saturated heterocycles. The molecule has 4 aromatic rings. The summed E-state index contributed by atoms with van der Waals surface area (Å²) in [7, 11) is -3.88. The molecular weight excluding hydrogens is 514 g/mol. The highest BCUT2D eigenvalue weighted by Gasteiger charge is 2.22. The number of hydrogen-bond donors (Lipinski definition) is 1. The zero-order chi connectivity index (χ0) is 26.4. The van der Waals surface area contributed by atoms with Crippen molar-refractivity contribution in [2.45, 2.75) is 24.5 Å². The normalized spacial score (nSPS) is 11.2. The number of halogens is 2. The van der Waals surface area contributed by atoms with E-state index in [1.807, 2.05) is 17.0 Å². The molecule has 6 nitrogen and oxygen atoms in total. The van der Waals surface area contributed by atoms with Crippen LogP contribution in [0.25, 0.3) is 0 Å². The van der Waals surface area contributed by atoms with Gasteiger partial charge in [-0.05, 0) is 77.9 Å². The number of hydrogen-bond acceptors (Lipinski definition) is 4. The summed E-state index contributed by atoms with van der Waals surface area (Å²) in [6.07, 6.45) is 3.34. The highest BCUT2D eigenvalue weighted by Crippen LogP contribution is 2.24. The molecule has 0 bridgehead atoms. The average Bonchev–Trinajstić information content (AvgIpc) is 2.89. The maximum Gasteiger partial charge on any atom is 0.238 e. The van der Waals surface area contributed by atoms with Crippen molar-refractivity contribution in [1.82, 2.24) is 9.88 Å². The van der Waals surface area contributed by atoms with E-state index in [2.05, 4.69) is 4.98 Å². The summed E-state index contributed by atoms with van der Waals surface area (Å²) in [6.45, 7) is 0.811. The molecule has 1 heterocycles. The zero-order valence-corrected chi connectivity index (χ0v) is 21.3. The Kier molecular flexibility index (Phi) is 8.22. The van der Waals surface area contributed by atoms with E-state index in [4.69, 9.17) is 17.4 Å². The number of nitrogens with two attached hydrogens (primary N) is 1. The quantitative estimate of drug-likeness (QED) is 0.318. The number of benzene rings is 3. The second-order valence-corrected chi connectivity index (χ2v) is 10.3. The number of sulfonamides is 1. The van der Waals surface area contributed by atoms with Gasteiger partial charge in [0.05, 0.1) is 11.4 Å². The average molecular weight is 539 g/mol. The van der Waals surface area contributed by atoms with Crippen molar-refractivity contribution in [1.29, 1.82) is 0 Å². The second-order valence-electron chi connectivity index (χ2n) is 8.34. The summed E-state index contributed by atoms with van der Waals surface area (Å²) < 4.78 is 51.7. The summed E-state index contributed by atoms with van der Waals surface area (Å²) in [5.41, 5.74) is 2.74. The molecule has 0 aliphatic heterocycles. The molecule has 0 spiro atoms. The van der Waals surface area contributed by atoms with E-state index in [0.29, 0.717) is 22.9 Å². The molecule has 3 aromatic carbocycles. The van der Waals surface area contributed by atoms with Crippen LogP contribution in [-0.2, 0) is 29.7 Å². The van der Waals surface area contributed by atoms with E-state index in [1.54, 1.807) is 59.8 Å². The predicted octanol–water partition coefficient (Wildman–Crippen LogP) is 5.00. The first kappa shape index (κ1) is 26.3. The number of aromatic nitrogens is 1. The summed E-state index contributed by atoms with van der Waals surface area (Å²) >= 11 is 5.95. The first-order chi connectivity index (χ1) is 17.7. The maximum absolute atomic E-state index is 14.6. The van der Waals surface area contributed by atoms with Gasteiger partial charge in [0.2, 0.25) is 10.0 Å². The molecular formula is C27H24F2N4O2S2. The van der Waals surface area contributed by atoms with Crippen molar-refractivity contribution in [2.24, 2.45) is 5.14 Å². The van der Waals surface area contributed by atoms with Crippen molar-refractivity contribution in [2.75, 3.05) is 4.90 Å². The van der Waals surface area contributed by atoms with Gasteiger partial charge in [-0.3, -0.25) is 4.98 Å². The van der Waals surface area contributed by atoms with Crippen LogP contribution in [0, 0.1) is 11.6 Å². The van der Waals surface area contributed by atoms with Crippen LogP contribution in [0.3, 0.4) is 0 Å². The number of rotatable bonds is 8. The van der Waals surface area contributed by atoms with Gasteiger partial charge >= 0.3 is 0 Å². The lowest BCUT2D eigenvalue weighted by atomic mass is 10.1. The topological polar surface area (TPSA) is 79.5 Å². The van der Waals surface area contributed by atoms with Crippen LogP contribution >= 0.6 is 12.2 Å². The minimum absolute atomic E-state index is 0.0381. The van der Waals surface area contributed by atoms with Gasteiger partial charge in [-0.2, -0.15) is 0 Å². The van der Waals surface area contributed by atoms with Crippen LogP contribution in [0.15, 0.2) is 102 Å². The van der Waals surface area contributed by atoms with E-state index in [9.17, 15) is 17.2 Å². The van der Waals surface area contributed by atoms with Gasteiger partial charge in [0.1, 0.15) is 11.6 Å². The molecule has 0 amide bonds. The lowest BCUT2D eigenvalue weighted by Gasteiger charge is -2.34. The number of primary sulfonamides is 1. The molecule has 1 aromatic heterocycles. The molecule has 0 aliphatic carbocycles. The van der Waals surface area contributed by atoms with E-state index in [1.165, 1.54) is 30.3 Å². The third-order valence-corrected chi connectivity index (χ3v) is 7.08. The van der Waals surface area contributed by atoms with Gasteiger partial charge in [-0.25, -0.2) is 22.3 Å². The van der Waals surface area contributed by atoms with Crippen molar-refractivity contribution >= 4 is 33.0 Å². The lowest BCUT2D eigenvalue weighted by molar-refractivity contribution is 0.396. The highest BCUT2D eigenvalue weighted by molar-refractivity contribution is 7.89. The fourth-order valence-electron chi connectivity index (χ4n) is 3.76. The van der Waals surface area contributed by atoms with Crippen molar-refractivity contribution in [3.63, 3.8) is 0 Å². The van der Waals surface area contributed by atoms with Crippen molar-refractivity contribution in [3.8, 4) is 0 Å². The highest BCUT2D eigenvalue weighted by atomic mass is 32.2. The number of nitrogens with zero attached hydrogens (tertiary/aromatic N) is 3. The second kappa shape index (κ2) is 11.5. The number of thiocarbonyl (C=S) groups is 1. The standard InChI is InChI=1S/C27H24F2N4O2S2/c28-23-7-5-20(6-8-23)18-33(24-9-11-25(12-10-24)37(30,34)35)27(36)32(17-21-13-15-31-16-14-21)19-22-3-1-2-4-26(22)29/h1-16H,17-19H2,(H2,30,34,35). The Morgan fingerprint density at radius 2 is 1.43 bits per heavy atom. The largest absolute Gasteiger partial charge is 0.340 e. The van der Waals surface area contributed by atoms with Crippen LogP contribution < -0.4 is 10.0 Å². The first-order valence-electron chi connectivity index (χ1n) is 11.3. The minimum Gasteiger partial charge on any atom is -0.340 e. The zero-order valence-electron chi connectivity index (χ0n) is 19.7. The molecule has 0 unspecified atom stereocenters. The minimum atomic E-state index is -3.88. The van der Waals surface area contributed by atoms with E-state index in [0.717, 1.165) is 11.1 Å². The molecule has 0 saturated carbocycles. The molecule has 0 aliphatic rings. The Bertz CT molecular complexity index is 1470. The molecule has 2 N–H and O–H groups in total. The summed E-state index contributed by atoms with van der Waals surface area (Å²) in [4.78, 5) is 7.66. The Morgan fingerprint density at radius 3 is 2.05 bits per heavy atom. The lowest BCUT2D eigenvalue weighted by Crippen LogP contribution is -2.42. The van der Waals surface area contributed by atoms with Gasteiger partial charge < -0.3 is 9.80 Å². The van der Waals surface area contributed by atoms with Gasteiger partial charge in [0.15, 0.2) is 5.11 Å². The molecule has 0 fully saturated rings. The van der Waals surface area contributed by atoms with Crippen LogP contribution in [-0.4, -0.2) is 23.4 Å². The molecule has 4 rings (SSSR count). The van der Waals surface area contributed by atoms with Crippen LogP contribution in [0.1, 0.15) is 16.7 Å². The van der Waals surface area contributed by atoms with Crippen LogP contribution in [0.4, 0.5) is 14.5 Å². The Labute approximate surface area is 220 Å². The Morgan fingerprint density at radius 1 is 0.811 bits per heavy atom. The van der Waals surface area contributed by atoms with Gasteiger partial charge in [0.25, 0.3) is 0 Å². The summed E-state index contributed by atoms with van der Waals surface area (Å²) in [6, 6.07) is 22.2. The Balaban J connectivity index is 1.73. The third kappa shape index (κ3) is 6.94. The number of anilines is 1. The SMILES string of the molecule is NS(=O)(=O)c1ccc(N(Cc2ccc(F)cc2)C(=S)N(Cc2ccncc2)Cc2ccccc2F)cc1. The van der Waals surface area contributed by atoms with Gasteiger partial charge in [0, 0.05) is 36.7 Å². The fourth-order valence-corrected chi connectivity index (χ4v) is 4.57. The molecule has 37 heavy (non-hydrogen) atoms. The third-order valence-electron chi connectivity index (χ3n) is 5.67. The van der Waals surface area contributed by atoms with Crippen molar-refractivity contribution in [3.05, 3.63) is 126 Å². The summed E-state index contributed by atoms with van der Waals surface area (Å²) in [5.74, 6) is -0.720. The number of pyridine rings is 1. The molecule has 0 atom stereocenters. The van der Waals surface area contributed by atoms with Crippen LogP contribution in [0.5, 0.6) is 0 Å². The Hall–Kier alpha value is -3.73. The van der Waals surface area contributed by atoms with Crippen molar-refractivity contribution < 1.29 is 17.2 Å². The maximum atomic E-state index is 14.6. The van der Waals surface area contributed by atoms with Gasteiger partial charge in [-0.15, -0.1) is 0 Å². The smallest absolute Gasteiger partial charge is 0.238 e. The molecule has 0 radical (unpaired) electrons. The van der Waals surface area contributed by atoms with E-state index in [-0.39, 0.29) is 29.6 Å². The molecule has 10 heteroatoms. The molecule has 190 valence electrons.